The van der Waals surface area contributed by atoms with Crippen molar-refractivity contribution in [3.8, 4) is 0 Å². The van der Waals surface area contributed by atoms with E-state index in [2.05, 4.69) is 16.2 Å². The van der Waals surface area contributed by atoms with Crippen LogP contribution in [0.25, 0.3) is 10.9 Å². The number of aliphatic hydroxyl groups is 1. The summed E-state index contributed by atoms with van der Waals surface area (Å²) in [4.78, 5) is 18.8. The number of likely N-dealkylation sites (tertiary alicyclic amines) is 1. The van der Waals surface area contributed by atoms with E-state index >= 15 is 0 Å². The third kappa shape index (κ3) is 2.80. The lowest BCUT2D eigenvalue weighted by atomic mass is 10.2. The van der Waals surface area contributed by atoms with Crippen LogP contribution in [0, 0.1) is 13.8 Å². The van der Waals surface area contributed by atoms with E-state index in [0.29, 0.717) is 18.1 Å². The fourth-order valence-corrected chi connectivity index (χ4v) is 3.56. The number of hydrogen-bond acceptors (Lipinski definition) is 5. The predicted octanol–water partition coefficient (Wildman–Crippen LogP) is 1.98. The molecule has 1 N–H and O–H groups in total. The maximum atomic E-state index is 12.9. The summed E-state index contributed by atoms with van der Waals surface area (Å²) in [7, 11) is 0. The van der Waals surface area contributed by atoms with Crippen molar-refractivity contribution in [3.05, 3.63) is 47.7 Å². The second kappa shape index (κ2) is 6.00. The molecule has 130 valence electrons. The first-order valence-corrected chi connectivity index (χ1v) is 8.35. The summed E-state index contributed by atoms with van der Waals surface area (Å²) in [6, 6.07) is 9.69. The zero-order chi connectivity index (χ0) is 17.6. The van der Waals surface area contributed by atoms with E-state index in [-0.39, 0.29) is 25.0 Å². The Labute approximate surface area is 144 Å². The molecule has 1 aromatic carbocycles. The molecule has 1 aliphatic heterocycles. The monoisotopic (exact) mass is 340 g/mol. The molecule has 3 aromatic rings. The molecule has 25 heavy (non-hydrogen) atoms. The lowest BCUT2D eigenvalue weighted by Gasteiger charge is -2.22. The number of amides is 1. The highest BCUT2D eigenvalue weighted by Crippen LogP contribution is 2.32. The van der Waals surface area contributed by atoms with Crippen LogP contribution < -0.4 is 0 Å². The summed E-state index contributed by atoms with van der Waals surface area (Å²) in [6.07, 6.45) is -0.164. The molecule has 0 radical (unpaired) electrons. The lowest BCUT2D eigenvalue weighted by molar-refractivity contribution is -0.133. The summed E-state index contributed by atoms with van der Waals surface area (Å²) >= 11 is 0. The van der Waals surface area contributed by atoms with Crippen LogP contribution in [-0.2, 0) is 11.3 Å². The largest absolute Gasteiger partial charge is 0.391 e. The molecule has 2 atom stereocenters. The van der Waals surface area contributed by atoms with Crippen molar-refractivity contribution >= 4 is 16.8 Å². The summed E-state index contributed by atoms with van der Waals surface area (Å²) in [5, 5.41) is 15.0. The van der Waals surface area contributed by atoms with E-state index in [0.717, 1.165) is 16.6 Å². The highest BCUT2D eigenvalue weighted by Gasteiger charge is 2.38. The van der Waals surface area contributed by atoms with Crippen LogP contribution in [-0.4, -0.2) is 43.3 Å². The number of aromatic nitrogens is 3. The summed E-state index contributed by atoms with van der Waals surface area (Å²) in [5.41, 5.74) is 2.05. The number of hydrogen-bond donors (Lipinski definition) is 1. The molecule has 1 saturated heterocycles. The highest BCUT2D eigenvalue weighted by molar-refractivity contribution is 5.84. The Morgan fingerprint density at radius 3 is 2.92 bits per heavy atom. The van der Waals surface area contributed by atoms with Gasteiger partial charge in [0, 0.05) is 24.2 Å². The Morgan fingerprint density at radius 2 is 2.16 bits per heavy atom. The minimum absolute atomic E-state index is 0.0677. The van der Waals surface area contributed by atoms with Crippen LogP contribution in [0.15, 0.2) is 34.9 Å². The van der Waals surface area contributed by atoms with Gasteiger partial charge in [-0.25, -0.2) is 0 Å². The van der Waals surface area contributed by atoms with E-state index in [4.69, 9.17) is 4.52 Å². The number of carbonyl (C=O) groups is 1. The van der Waals surface area contributed by atoms with Crippen LogP contribution in [0.5, 0.6) is 0 Å². The third-order valence-corrected chi connectivity index (χ3v) is 4.74. The molecule has 7 nitrogen and oxygen atoms in total. The molecule has 0 aliphatic carbocycles. The molecule has 4 rings (SSSR count). The Bertz CT molecular complexity index is 929. The van der Waals surface area contributed by atoms with Crippen LogP contribution in [0.1, 0.15) is 29.9 Å². The first-order chi connectivity index (χ1) is 12.0. The number of benzene rings is 1. The fourth-order valence-electron chi connectivity index (χ4n) is 3.56. The average Bonchev–Trinajstić information content (AvgIpc) is 3.26. The Hall–Kier alpha value is -2.67. The molecule has 7 heteroatoms. The quantitative estimate of drug-likeness (QED) is 0.788. The number of rotatable bonds is 3. The van der Waals surface area contributed by atoms with Gasteiger partial charge in [-0.3, -0.25) is 4.79 Å². The van der Waals surface area contributed by atoms with Crippen LogP contribution in [0.3, 0.4) is 0 Å². The zero-order valence-corrected chi connectivity index (χ0v) is 14.2. The maximum Gasteiger partial charge on any atom is 0.249 e. The van der Waals surface area contributed by atoms with Gasteiger partial charge in [0.15, 0.2) is 5.82 Å². The molecule has 0 saturated carbocycles. The fraction of sp³-hybridized carbons (Fsp3) is 0.389. The lowest BCUT2D eigenvalue weighted by Crippen LogP contribution is -2.34. The first-order valence-electron chi connectivity index (χ1n) is 8.35. The van der Waals surface area contributed by atoms with Crippen molar-refractivity contribution in [1.29, 1.82) is 0 Å². The normalized spacial score (nSPS) is 20.5. The smallest absolute Gasteiger partial charge is 0.249 e. The topological polar surface area (TPSA) is 84.4 Å². The average molecular weight is 340 g/mol. The van der Waals surface area contributed by atoms with E-state index in [1.165, 1.54) is 0 Å². The number of para-hydroxylation sites is 1. The maximum absolute atomic E-state index is 12.9. The van der Waals surface area contributed by atoms with Gasteiger partial charge in [0.25, 0.3) is 0 Å². The number of fused-ring (bicyclic) bond motifs is 1. The van der Waals surface area contributed by atoms with Crippen molar-refractivity contribution in [3.63, 3.8) is 0 Å². The third-order valence-electron chi connectivity index (χ3n) is 4.74. The van der Waals surface area contributed by atoms with Gasteiger partial charge in [-0.05, 0) is 31.4 Å². The van der Waals surface area contributed by atoms with Crippen molar-refractivity contribution in [2.75, 3.05) is 6.54 Å². The van der Waals surface area contributed by atoms with Gasteiger partial charge >= 0.3 is 0 Å². The van der Waals surface area contributed by atoms with Crippen LogP contribution in [0.4, 0.5) is 0 Å². The SMILES string of the molecule is Cc1noc([C@H]2C[C@H](O)CN2C(=O)Cn2c(C)cc3ccccc32)n1. The molecule has 0 bridgehead atoms. The molecule has 3 heterocycles. The van der Waals surface area contributed by atoms with Crippen molar-refractivity contribution in [1.82, 2.24) is 19.6 Å². The molecule has 2 aromatic heterocycles. The number of carbonyl (C=O) groups excluding carboxylic acids is 1. The molecule has 0 spiro atoms. The molecular weight excluding hydrogens is 320 g/mol. The highest BCUT2D eigenvalue weighted by atomic mass is 16.5. The minimum Gasteiger partial charge on any atom is -0.391 e. The van der Waals surface area contributed by atoms with Gasteiger partial charge in [-0.1, -0.05) is 23.4 Å². The van der Waals surface area contributed by atoms with Gasteiger partial charge in [-0.2, -0.15) is 4.98 Å². The Morgan fingerprint density at radius 1 is 1.36 bits per heavy atom. The molecule has 0 unspecified atom stereocenters. The Balaban J connectivity index is 1.62. The standard InChI is InChI=1S/C18H20N4O3/c1-11-7-13-5-3-4-6-15(13)21(11)10-17(24)22-9-14(23)8-16(22)18-19-12(2)20-25-18/h3-7,14,16,23H,8-10H2,1-2H3/t14-,16+/m0/s1. The van der Waals surface area contributed by atoms with Gasteiger partial charge in [0.1, 0.15) is 12.6 Å². The van der Waals surface area contributed by atoms with Crippen molar-refractivity contribution < 1.29 is 14.4 Å². The van der Waals surface area contributed by atoms with Crippen LogP contribution >= 0.6 is 0 Å². The zero-order valence-electron chi connectivity index (χ0n) is 14.2. The van der Waals surface area contributed by atoms with Crippen molar-refractivity contribution in [2.24, 2.45) is 0 Å². The van der Waals surface area contributed by atoms with Gasteiger partial charge in [-0.15, -0.1) is 0 Å². The second-order valence-corrected chi connectivity index (χ2v) is 6.56. The van der Waals surface area contributed by atoms with E-state index in [1.807, 2.05) is 35.8 Å². The van der Waals surface area contributed by atoms with Crippen molar-refractivity contribution in [2.45, 2.75) is 39.0 Å². The van der Waals surface area contributed by atoms with Gasteiger partial charge < -0.3 is 19.1 Å². The number of nitrogens with zero attached hydrogens (tertiary/aromatic N) is 4. The van der Waals surface area contributed by atoms with Gasteiger partial charge in [0.2, 0.25) is 11.8 Å². The Kier molecular flexibility index (Phi) is 3.80. The number of β-amino-alcohol motifs (C(OH)–C–C–N with tert-alkyl or cyclic N) is 1. The molecule has 1 aliphatic rings. The number of aryl methyl sites for hydroxylation is 2. The first kappa shape index (κ1) is 15.8. The van der Waals surface area contributed by atoms with Gasteiger partial charge in [0.05, 0.1) is 6.10 Å². The summed E-state index contributed by atoms with van der Waals surface area (Å²) in [5.74, 6) is 0.842. The summed E-state index contributed by atoms with van der Waals surface area (Å²) < 4.78 is 7.23. The molecular formula is C18H20N4O3. The van der Waals surface area contributed by atoms with E-state index in [9.17, 15) is 9.90 Å². The minimum atomic E-state index is -0.580. The molecule has 1 amide bonds. The number of aliphatic hydroxyl groups excluding tert-OH is 1. The summed E-state index contributed by atoms with van der Waals surface area (Å²) in [6.45, 7) is 4.23. The molecule has 1 fully saturated rings. The second-order valence-electron chi connectivity index (χ2n) is 6.56. The van der Waals surface area contributed by atoms with Crippen LogP contribution in [0.2, 0.25) is 0 Å². The van der Waals surface area contributed by atoms with E-state index < -0.39 is 6.10 Å². The predicted molar refractivity (Wildman–Crippen MR) is 90.8 cm³/mol. The van der Waals surface area contributed by atoms with E-state index in [1.54, 1.807) is 11.8 Å².